The third kappa shape index (κ3) is 4.79. The molecule has 166 valence electrons. The molecule has 0 bridgehead atoms. The maximum Gasteiger partial charge on any atom is 0.340 e. The number of methoxy groups -OCH3 is 1. The molecule has 8 heteroatoms. The van der Waals surface area contributed by atoms with E-state index in [1.807, 2.05) is 54.6 Å². The van der Waals surface area contributed by atoms with Gasteiger partial charge in [-0.15, -0.1) is 0 Å². The van der Waals surface area contributed by atoms with Crippen LogP contribution in [0, 0.1) is 0 Å². The number of aromatic nitrogens is 3. The van der Waals surface area contributed by atoms with Gasteiger partial charge in [0.2, 0.25) is 5.95 Å². The number of rotatable bonds is 7. The van der Waals surface area contributed by atoms with E-state index in [4.69, 9.17) is 9.47 Å². The molecule has 0 aliphatic rings. The van der Waals surface area contributed by atoms with Crippen molar-refractivity contribution in [3.63, 3.8) is 0 Å². The van der Waals surface area contributed by atoms with Crippen LogP contribution in [0.4, 0.5) is 5.95 Å². The van der Waals surface area contributed by atoms with Crippen LogP contribution in [-0.2, 0) is 20.9 Å². The fourth-order valence-electron chi connectivity index (χ4n) is 3.54. The first-order chi connectivity index (χ1) is 16.1. The zero-order valence-corrected chi connectivity index (χ0v) is 18.3. The Hall–Kier alpha value is -4.33. The summed E-state index contributed by atoms with van der Waals surface area (Å²) in [6.45, 7) is -0.242. The van der Waals surface area contributed by atoms with Gasteiger partial charge in [-0.1, -0.05) is 48.5 Å². The molecule has 2 heterocycles. The molecule has 0 fully saturated rings. The topological polar surface area (TPSA) is 94.5 Å². The van der Waals surface area contributed by atoms with Crippen molar-refractivity contribution in [2.45, 2.75) is 6.61 Å². The maximum atomic E-state index is 12.9. The van der Waals surface area contributed by atoms with Crippen LogP contribution in [0.2, 0.25) is 0 Å². The number of carbonyl (C=O) groups excluding carboxylic acids is 2. The number of carbonyl (C=O) groups is 2. The van der Waals surface area contributed by atoms with E-state index in [1.165, 1.54) is 7.11 Å². The summed E-state index contributed by atoms with van der Waals surface area (Å²) in [7, 11) is 3.01. The first-order valence-corrected chi connectivity index (χ1v) is 10.3. The smallest absolute Gasteiger partial charge is 0.340 e. The van der Waals surface area contributed by atoms with Gasteiger partial charge in [-0.25, -0.2) is 19.7 Å². The van der Waals surface area contributed by atoms with E-state index in [1.54, 1.807) is 30.4 Å². The second kappa shape index (κ2) is 9.86. The minimum Gasteiger partial charge on any atom is -0.465 e. The van der Waals surface area contributed by atoms with Crippen LogP contribution in [-0.4, -0.2) is 47.6 Å². The molecule has 2 aromatic heterocycles. The van der Waals surface area contributed by atoms with Crippen LogP contribution in [0.5, 0.6) is 0 Å². The van der Waals surface area contributed by atoms with Crippen molar-refractivity contribution < 1.29 is 19.1 Å². The van der Waals surface area contributed by atoms with Gasteiger partial charge >= 0.3 is 11.9 Å². The third-order valence-electron chi connectivity index (χ3n) is 5.05. The number of pyridine rings is 1. The molecule has 8 nitrogen and oxygen atoms in total. The SMILES string of the molecule is COC(=O)c1c(COC(=O)CN(C)c2ncccn2)nc2ccccc2c1-c1ccccc1. The lowest BCUT2D eigenvalue weighted by Crippen LogP contribution is -2.28. The molecular formula is C25H22N4O4. The monoisotopic (exact) mass is 442 g/mol. The highest BCUT2D eigenvalue weighted by atomic mass is 16.5. The molecule has 33 heavy (non-hydrogen) atoms. The molecule has 0 spiro atoms. The fourth-order valence-corrected chi connectivity index (χ4v) is 3.54. The molecule has 0 unspecified atom stereocenters. The van der Waals surface area contributed by atoms with E-state index in [0.29, 0.717) is 22.7 Å². The van der Waals surface area contributed by atoms with E-state index in [0.717, 1.165) is 10.9 Å². The largest absolute Gasteiger partial charge is 0.465 e. The third-order valence-corrected chi connectivity index (χ3v) is 5.05. The molecule has 4 aromatic rings. The average Bonchev–Trinajstić information content (AvgIpc) is 2.87. The highest BCUT2D eigenvalue weighted by molar-refractivity contribution is 6.07. The van der Waals surface area contributed by atoms with E-state index < -0.39 is 11.9 Å². The molecule has 0 N–H and O–H groups in total. The number of nitrogens with zero attached hydrogens (tertiary/aromatic N) is 4. The Morgan fingerprint density at radius 2 is 1.64 bits per heavy atom. The lowest BCUT2D eigenvalue weighted by atomic mass is 9.94. The molecule has 2 aromatic carbocycles. The van der Waals surface area contributed by atoms with Gasteiger partial charge in [-0.3, -0.25) is 4.79 Å². The molecule has 0 saturated heterocycles. The second-order valence-electron chi connectivity index (χ2n) is 7.25. The predicted octanol–water partition coefficient (Wildman–Crippen LogP) is 3.66. The summed E-state index contributed by atoms with van der Waals surface area (Å²) in [6, 6.07) is 18.7. The van der Waals surface area contributed by atoms with Crippen molar-refractivity contribution in [3.05, 3.63) is 84.3 Å². The summed E-state index contributed by atoms with van der Waals surface area (Å²) < 4.78 is 10.6. The average molecular weight is 442 g/mol. The number of hydrogen-bond donors (Lipinski definition) is 0. The number of ether oxygens (including phenoxy) is 2. The lowest BCUT2D eigenvalue weighted by Gasteiger charge is -2.18. The van der Waals surface area contributed by atoms with Crippen LogP contribution < -0.4 is 4.90 Å². The van der Waals surface area contributed by atoms with Crippen molar-refractivity contribution >= 4 is 28.8 Å². The Morgan fingerprint density at radius 3 is 2.36 bits per heavy atom. The normalized spacial score (nSPS) is 10.6. The number of esters is 2. The van der Waals surface area contributed by atoms with Gasteiger partial charge in [-0.2, -0.15) is 0 Å². The predicted molar refractivity (Wildman–Crippen MR) is 124 cm³/mol. The van der Waals surface area contributed by atoms with Gasteiger partial charge in [0, 0.05) is 30.4 Å². The van der Waals surface area contributed by atoms with E-state index in [-0.39, 0.29) is 18.7 Å². The van der Waals surface area contributed by atoms with Crippen LogP contribution in [0.1, 0.15) is 16.1 Å². The van der Waals surface area contributed by atoms with Crippen molar-refractivity contribution in [2.24, 2.45) is 0 Å². The zero-order chi connectivity index (χ0) is 23.2. The Kier molecular flexibility index (Phi) is 6.54. The van der Waals surface area contributed by atoms with E-state index >= 15 is 0 Å². The van der Waals surface area contributed by atoms with Gasteiger partial charge in [0.05, 0.1) is 23.9 Å². The van der Waals surface area contributed by atoms with Gasteiger partial charge in [0.15, 0.2) is 0 Å². The Bertz CT molecular complexity index is 1280. The number of benzene rings is 2. The van der Waals surface area contributed by atoms with Crippen LogP contribution >= 0.6 is 0 Å². The fraction of sp³-hybridized carbons (Fsp3) is 0.160. The quantitative estimate of drug-likeness (QED) is 0.400. The molecule has 0 radical (unpaired) electrons. The first-order valence-electron chi connectivity index (χ1n) is 10.3. The summed E-state index contributed by atoms with van der Waals surface area (Å²) in [5.74, 6) is -0.648. The Balaban J connectivity index is 1.68. The zero-order valence-electron chi connectivity index (χ0n) is 18.3. The number of anilines is 1. The molecule has 4 rings (SSSR count). The highest BCUT2D eigenvalue weighted by Crippen LogP contribution is 2.34. The Labute approximate surface area is 190 Å². The summed E-state index contributed by atoms with van der Waals surface area (Å²) in [6.07, 6.45) is 3.19. The van der Waals surface area contributed by atoms with E-state index in [9.17, 15) is 9.59 Å². The minimum absolute atomic E-state index is 0.0588. The van der Waals surface area contributed by atoms with Gasteiger partial charge in [-0.05, 0) is 17.7 Å². The minimum atomic E-state index is -0.548. The maximum absolute atomic E-state index is 12.9. The van der Waals surface area contributed by atoms with Crippen molar-refractivity contribution in [2.75, 3.05) is 25.6 Å². The van der Waals surface area contributed by atoms with Crippen LogP contribution in [0.25, 0.3) is 22.0 Å². The van der Waals surface area contributed by atoms with Gasteiger partial charge in [0.25, 0.3) is 0 Å². The molecule has 0 amide bonds. The standard InChI is InChI=1S/C25H22N4O4/c1-29(25-26-13-8-14-27-25)15-21(30)33-16-20-23(24(31)32-2)22(17-9-4-3-5-10-17)18-11-6-7-12-19(18)28-20/h3-14H,15-16H2,1-2H3. The van der Waals surface area contributed by atoms with Gasteiger partial charge < -0.3 is 14.4 Å². The summed E-state index contributed by atoms with van der Waals surface area (Å²) in [4.78, 5) is 39.8. The number of fused-ring (bicyclic) bond motifs is 1. The number of para-hydroxylation sites is 1. The number of likely N-dealkylation sites (N-methyl/N-ethyl adjacent to an activating group) is 1. The molecule has 0 saturated carbocycles. The highest BCUT2D eigenvalue weighted by Gasteiger charge is 2.24. The summed E-state index contributed by atoms with van der Waals surface area (Å²) in [5, 5.41) is 0.806. The van der Waals surface area contributed by atoms with Crippen molar-refractivity contribution in [1.82, 2.24) is 15.0 Å². The van der Waals surface area contributed by atoms with Crippen molar-refractivity contribution in [1.29, 1.82) is 0 Å². The van der Waals surface area contributed by atoms with Crippen molar-refractivity contribution in [3.8, 4) is 11.1 Å². The first kappa shape index (κ1) is 21.9. The van der Waals surface area contributed by atoms with Crippen LogP contribution in [0.15, 0.2) is 73.1 Å². The lowest BCUT2D eigenvalue weighted by molar-refractivity contribution is -0.143. The number of hydrogen-bond acceptors (Lipinski definition) is 8. The second-order valence-corrected chi connectivity index (χ2v) is 7.25. The molecule has 0 aliphatic carbocycles. The molecule has 0 atom stereocenters. The molecule has 0 aliphatic heterocycles. The van der Waals surface area contributed by atoms with Crippen LogP contribution in [0.3, 0.4) is 0 Å². The molecular weight excluding hydrogens is 420 g/mol. The Morgan fingerprint density at radius 1 is 0.939 bits per heavy atom. The summed E-state index contributed by atoms with van der Waals surface area (Å²) in [5.41, 5.74) is 2.81. The van der Waals surface area contributed by atoms with E-state index in [2.05, 4.69) is 15.0 Å². The summed E-state index contributed by atoms with van der Waals surface area (Å²) >= 11 is 0. The van der Waals surface area contributed by atoms with Gasteiger partial charge in [0.1, 0.15) is 13.2 Å².